The third kappa shape index (κ3) is 95.3. The average molecular weight is 405 g/mol. The molecule has 0 aromatic carbocycles. The molecule has 0 saturated heterocycles. The van der Waals surface area contributed by atoms with Crippen LogP contribution in [0.1, 0.15) is 55.4 Å². The standard InChI is InChI=1S/3C5H8O2.C3H8O.Ti/c3*1-4(6)3-5(2)7;1-3(2)4;/h3*3,6H,1-2H3;3-4H,1-2H3;/q;;;;+3/p-3/b3*4-3-;;. The van der Waals surface area contributed by atoms with Gasteiger partial charge in [0, 0.05) is 6.10 Å². The van der Waals surface area contributed by atoms with E-state index in [-0.39, 0.29) is 62.4 Å². The predicted molar refractivity (Wildman–Crippen MR) is 90.7 cm³/mol. The van der Waals surface area contributed by atoms with Crippen molar-refractivity contribution in [1.29, 1.82) is 0 Å². The molecular formula is C18H29O7Ti. The number of carbonyl (C=O) groups excluding carboxylic acids is 3. The summed E-state index contributed by atoms with van der Waals surface area (Å²) in [4.78, 5) is 29.9. The van der Waals surface area contributed by atoms with Crippen LogP contribution in [-0.4, -0.2) is 28.6 Å². The minimum absolute atomic E-state index is 0. The summed E-state index contributed by atoms with van der Waals surface area (Å²) in [7, 11) is 0. The van der Waals surface area contributed by atoms with E-state index in [0.717, 1.165) is 18.2 Å². The zero-order valence-corrected chi connectivity index (χ0v) is 18.3. The molecule has 0 spiro atoms. The predicted octanol–water partition coefficient (Wildman–Crippen LogP) is -0.0969. The van der Waals surface area contributed by atoms with Crippen molar-refractivity contribution in [3.8, 4) is 0 Å². The van der Waals surface area contributed by atoms with Gasteiger partial charge in [-0.05, 0) is 52.8 Å². The summed E-state index contributed by atoms with van der Waals surface area (Å²) < 4.78 is 0. The number of hydrogen-bond donors (Lipinski definition) is 1. The molecule has 0 amide bonds. The normalized spacial score (nSPS) is 10.6. The number of carbonyl (C=O) groups is 3. The van der Waals surface area contributed by atoms with Gasteiger partial charge in [-0.2, -0.15) is 0 Å². The smallest absolute Gasteiger partial charge is 0.876 e. The zero-order valence-electron chi connectivity index (χ0n) is 16.7. The molecule has 0 heterocycles. The van der Waals surface area contributed by atoms with Gasteiger partial charge in [-0.25, -0.2) is 0 Å². The summed E-state index contributed by atoms with van der Waals surface area (Å²) in [6.07, 6.45) is 3.00. The van der Waals surface area contributed by atoms with Crippen LogP contribution in [0.5, 0.6) is 0 Å². The zero-order chi connectivity index (χ0) is 21.2. The molecule has 0 saturated carbocycles. The van der Waals surface area contributed by atoms with Gasteiger partial charge in [0.25, 0.3) is 0 Å². The Morgan fingerprint density at radius 3 is 0.769 bits per heavy atom. The first kappa shape index (κ1) is 35.4. The van der Waals surface area contributed by atoms with Crippen LogP contribution in [0.3, 0.4) is 0 Å². The molecule has 0 aromatic rings. The number of aliphatic hydroxyl groups is 1. The molecule has 8 heteroatoms. The Morgan fingerprint density at radius 1 is 0.654 bits per heavy atom. The third-order valence-electron chi connectivity index (χ3n) is 1.22. The fourth-order valence-electron chi connectivity index (χ4n) is 0.859. The number of aliphatic hydroxyl groups excluding tert-OH is 1. The Labute approximate surface area is 171 Å². The van der Waals surface area contributed by atoms with Crippen molar-refractivity contribution in [2.24, 2.45) is 0 Å². The number of rotatable bonds is 3. The molecule has 0 unspecified atom stereocenters. The fraction of sp³-hybridized carbons (Fsp3) is 0.500. The van der Waals surface area contributed by atoms with Crippen molar-refractivity contribution >= 4 is 17.3 Å². The monoisotopic (exact) mass is 405 g/mol. The Morgan fingerprint density at radius 2 is 0.769 bits per heavy atom. The van der Waals surface area contributed by atoms with Gasteiger partial charge in [-0.1, -0.05) is 20.8 Å². The molecule has 147 valence electrons. The topological polar surface area (TPSA) is 141 Å². The van der Waals surface area contributed by atoms with Crippen LogP contribution < -0.4 is 15.3 Å². The SMILES string of the molecule is CC(=O)/C=C(/C)[O-].CC(=O)/C=C(/C)[O-].CC(=O)/C=C(/C)[O-].CC(C)O.[Ti+3]. The first-order chi connectivity index (χ1) is 11.1. The van der Waals surface area contributed by atoms with Crippen LogP contribution in [0.15, 0.2) is 35.5 Å². The van der Waals surface area contributed by atoms with Gasteiger partial charge in [0.05, 0.1) is 0 Å². The minimum Gasteiger partial charge on any atom is -0.876 e. The third-order valence-corrected chi connectivity index (χ3v) is 1.22. The maximum absolute atomic E-state index is 9.98. The molecule has 1 N–H and O–H groups in total. The molecule has 0 atom stereocenters. The Kier molecular flexibility index (Phi) is 31.7. The van der Waals surface area contributed by atoms with Crippen LogP contribution in [0.4, 0.5) is 0 Å². The molecule has 1 radical (unpaired) electrons. The van der Waals surface area contributed by atoms with E-state index in [4.69, 9.17) is 5.11 Å². The van der Waals surface area contributed by atoms with E-state index in [9.17, 15) is 29.7 Å². The molecule has 0 aliphatic carbocycles. The summed E-state index contributed by atoms with van der Waals surface area (Å²) in [6, 6.07) is 0. The molecule has 0 bridgehead atoms. The van der Waals surface area contributed by atoms with Crippen molar-refractivity contribution in [3.63, 3.8) is 0 Å². The second-order valence-corrected chi connectivity index (χ2v) is 5.19. The molecule has 0 rings (SSSR count). The summed E-state index contributed by atoms with van der Waals surface area (Å²) in [5.74, 6) is -1.12. The molecule has 0 fully saturated rings. The van der Waals surface area contributed by atoms with Crippen LogP contribution in [-0.2, 0) is 36.1 Å². The summed E-state index contributed by atoms with van der Waals surface area (Å²) in [5.41, 5.74) is 0. The Balaban J connectivity index is -0.0000000759. The van der Waals surface area contributed by atoms with E-state index in [0.29, 0.717) is 0 Å². The second kappa shape index (κ2) is 23.3. The summed E-state index contributed by atoms with van der Waals surface area (Å²) in [5, 5.41) is 38.0. The van der Waals surface area contributed by atoms with Gasteiger partial charge in [0.15, 0.2) is 17.3 Å². The van der Waals surface area contributed by atoms with Crippen molar-refractivity contribution in [2.75, 3.05) is 0 Å². The van der Waals surface area contributed by atoms with Gasteiger partial charge in [-0.3, -0.25) is 14.4 Å². The van der Waals surface area contributed by atoms with Gasteiger partial charge in [-0.15, -0.1) is 17.3 Å². The van der Waals surface area contributed by atoms with Crippen LogP contribution in [0, 0.1) is 0 Å². The van der Waals surface area contributed by atoms with Crippen molar-refractivity contribution in [2.45, 2.75) is 61.5 Å². The molecule has 0 aromatic heterocycles. The van der Waals surface area contributed by atoms with Crippen LogP contribution in [0.2, 0.25) is 0 Å². The van der Waals surface area contributed by atoms with E-state index >= 15 is 0 Å². The van der Waals surface area contributed by atoms with Crippen molar-refractivity contribution in [3.05, 3.63) is 35.5 Å². The van der Waals surface area contributed by atoms with Gasteiger partial charge < -0.3 is 20.4 Å². The van der Waals surface area contributed by atoms with Gasteiger partial charge in [0.2, 0.25) is 0 Å². The van der Waals surface area contributed by atoms with E-state index in [1.807, 2.05) is 0 Å². The van der Waals surface area contributed by atoms with E-state index in [1.165, 1.54) is 41.5 Å². The average Bonchev–Trinajstić information content (AvgIpc) is 2.22. The summed E-state index contributed by atoms with van der Waals surface area (Å²) in [6.45, 7) is 11.5. The van der Waals surface area contributed by atoms with Crippen LogP contribution >= 0.6 is 0 Å². The first-order valence-corrected chi connectivity index (χ1v) is 7.37. The van der Waals surface area contributed by atoms with Crippen molar-refractivity contribution in [1.82, 2.24) is 0 Å². The summed E-state index contributed by atoms with van der Waals surface area (Å²) >= 11 is 0. The van der Waals surface area contributed by atoms with Gasteiger partial charge >= 0.3 is 21.7 Å². The first-order valence-electron chi connectivity index (χ1n) is 7.37. The number of ketones is 3. The van der Waals surface area contributed by atoms with E-state index in [1.54, 1.807) is 13.8 Å². The van der Waals surface area contributed by atoms with E-state index < -0.39 is 0 Å². The van der Waals surface area contributed by atoms with Crippen molar-refractivity contribution < 1.29 is 56.5 Å². The molecular weight excluding hydrogens is 376 g/mol. The Hall–Kier alpha value is -1.70. The maximum atomic E-state index is 9.98. The minimum atomic E-state index is -0.187. The largest absolute Gasteiger partial charge is 3.00 e. The molecule has 7 nitrogen and oxygen atoms in total. The number of allylic oxidation sites excluding steroid dienone is 6. The Bertz CT molecular complexity index is 408. The van der Waals surface area contributed by atoms with Crippen LogP contribution in [0.25, 0.3) is 0 Å². The number of hydrogen-bond acceptors (Lipinski definition) is 7. The fourth-order valence-corrected chi connectivity index (χ4v) is 0.859. The van der Waals surface area contributed by atoms with E-state index in [2.05, 4.69) is 0 Å². The second-order valence-electron chi connectivity index (χ2n) is 5.19. The maximum Gasteiger partial charge on any atom is 3.00 e. The quantitative estimate of drug-likeness (QED) is 0.393. The molecule has 0 aliphatic heterocycles. The van der Waals surface area contributed by atoms with Gasteiger partial charge in [0.1, 0.15) is 0 Å². The molecule has 26 heavy (non-hydrogen) atoms. The molecule has 0 aliphatic rings.